The fourth-order valence-electron chi connectivity index (χ4n) is 2.78. The van der Waals surface area contributed by atoms with Gasteiger partial charge in [-0.2, -0.15) is 0 Å². The smallest absolute Gasteiger partial charge is 0.320 e. The molecule has 0 bridgehead atoms. The number of hydrogen-bond acceptors (Lipinski definition) is 3. The maximum atomic E-state index is 12.4. The van der Waals surface area contributed by atoms with Gasteiger partial charge in [0.25, 0.3) is 0 Å². The zero-order valence-electron chi connectivity index (χ0n) is 12.6. The highest BCUT2D eigenvalue weighted by atomic mass is 79.9. The van der Waals surface area contributed by atoms with Crippen LogP contribution in [0.3, 0.4) is 0 Å². The van der Waals surface area contributed by atoms with Gasteiger partial charge >= 0.3 is 5.97 Å². The van der Waals surface area contributed by atoms with Crippen molar-refractivity contribution in [3.63, 3.8) is 0 Å². The van der Waals surface area contributed by atoms with E-state index >= 15 is 0 Å². The van der Waals surface area contributed by atoms with Gasteiger partial charge in [-0.3, -0.25) is 4.79 Å². The highest BCUT2D eigenvalue weighted by molar-refractivity contribution is 9.10. The van der Waals surface area contributed by atoms with E-state index in [-0.39, 0.29) is 10.8 Å². The first-order valence-electron chi connectivity index (χ1n) is 7.81. The summed E-state index contributed by atoms with van der Waals surface area (Å²) in [6, 6.07) is 10.1. The minimum atomic E-state index is -0.470. The fourth-order valence-corrected chi connectivity index (χ4v) is 3.20. The molecule has 0 aliphatic carbocycles. The Bertz CT molecular complexity index is 443. The lowest BCUT2D eigenvalue weighted by Crippen LogP contribution is -2.44. The van der Waals surface area contributed by atoms with Crippen LogP contribution in [0.4, 0.5) is 0 Å². The molecule has 1 aliphatic rings. The Hall–Kier alpha value is -0.870. The average molecular weight is 354 g/mol. The summed E-state index contributed by atoms with van der Waals surface area (Å²) in [7, 11) is 0. The van der Waals surface area contributed by atoms with Gasteiger partial charge in [0.1, 0.15) is 10.4 Å². The van der Waals surface area contributed by atoms with Gasteiger partial charge in [-0.25, -0.2) is 0 Å². The topological polar surface area (TPSA) is 38.3 Å². The predicted octanol–water partition coefficient (Wildman–Crippen LogP) is 3.76. The van der Waals surface area contributed by atoms with E-state index in [4.69, 9.17) is 4.74 Å². The molecule has 1 N–H and O–H groups in total. The molecule has 1 fully saturated rings. The number of benzene rings is 1. The SMILES string of the molecule is CCCCC(Br)C(=O)OC1(c2ccccc2)CCNCC1. The lowest BCUT2D eigenvalue weighted by Gasteiger charge is -2.38. The number of halogens is 1. The van der Waals surface area contributed by atoms with Crippen LogP contribution in [0, 0.1) is 0 Å². The molecular weight excluding hydrogens is 330 g/mol. The molecule has 1 unspecified atom stereocenters. The van der Waals surface area contributed by atoms with Gasteiger partial charge in [-0.1, -0.05) is 66.0 Å². The Morgan fingerprint density at radius 3 is 2.62 bits per heavy atom. The van der Waals surface area contributed by atoms with Crippen molar-refractivity contribution in [2.45, 2.75) is 49.5 Å². The van der Waals surface area contributed by atoms with Crippen molar-refractivity contribution in [3.05, 3.63) is 35.9 Å². The van der Waals surface area contributed by atoms with Crippen molar-refractivity contribution < 1.29 is 9.53 Å². The van der Waals surface area contributed by atoms with Crippen LogP contribution in [-0.4, -0.2) is 23.9 Å². The van der Waals surface area contributed by atoms with E-state index in [0.717, 1.165) is 50.8 Å². The number of esters is 1. The number of carbonyl (C=O) groups excluding carboxylic acids is 1. The molecule has 1 aliphatic heterocycles. The van der Waals surface area contributed by atoms with Gasteiger partial charge in [-0.05, 0) is 25.1 Å². The Morgan fingerprint density at radius 1 is 1.33 bits per heavy atom. The van der Waals surface area contributed by atoms with Gasteiger partial charge in [0.15, 0.2) is 0 Å². The number of rotatable bonds is 6. The molecule has 1 aromatic carbocycles. The Kier molecular flexibility index (Phi) is 6.24. The molecule has 21 heavy (non-hydrogen) atoms. The van der Waals surface area contributed by atoms with Crippen LogP contribution in [0.15, 0.2) is 30.3 Å². The summed E-state index contributed by atoms with van der Waals surface area (Å²) in [5.74, 6) is -0.130. The number of unbranched alkanes of at least 4 members (excludes halogenated alkanes) is 1. The molecule has 0 radical (unpaired) electrons. The first-order chi connectivity index (χ1) is 10.2. The van der Waals surface area contributed by atoms with Crippen LogP contribution in [0.1, 0.15) is 44.6 Å². The molecule has 0 amide bonds. The van der Waals surface area contributed by atoms with Crippen LogP contribution in [-0.2, 0) is 15.1 Å². The standard InChI is InChI=1S/C17H24BrNO2/c1-2-3-9-15(18)16(20)21-17(10-12-19-13-11-17)14-7-5-4-6-8-14/h4-8,15,19H,2-3,9-13H2,1H3. The fraction of sp³-hybridized carbons (Fsp3) is 0.588. The van der Waals surface area contributed by atoms with E-state index in [2.05, 4.69) is 40.3 Å². The zero-order valence-corrected chi connectivity index (χ0v) is 14.2. The molecule has 0 spiro atoms. The van der Waals surface area contributed by atoms with Gasteiger partial charge < -0.3 is 10.1 Å². The quantitative estimate of drug-likeness (QED) is 0.624. The summed E-state index contributed by atoms with van der Waals surface area (Å²) < 4.78 is 6.00. The molecule has 1 atom stereocenters. The third-order valence-electron chi connectivity index (χ3n) is 4.07. The number of ether oxygens (including phenoxy) is 1. The van der Waals surface area contributed by atoms with Gasteiger partial charge in [0, 0.05) is 12.8 Å². The molecule has 3 nitrogen and oxygen atoms in total. The van der Waals surface area contributed by atoms with E-state index in [9.17, 15) is 4.79 Å². The Balaban J connectivity index is 2.12. The molecular formula is C17H24BrNO2. The first-order valence-corrected chi connectivity index (χ1v) is 8.73. The lowest BCUT2D eigenvalue weighted by atomic mass is 9.84. The number of alkyl halides is 1. The van der Waals surface area contributed by atoms with E-state index in [1.165, 1.54) is 0 Å². The summed E-state index contributed by atoms with van der Waals surface area (Å²) in [4.78, 5) is 12.2. The van der Waals surface area contributed by atoms with Crippen molar-refractivity contribution >= 4 is 21.9 Å². The van der Waals surface area contributed by atoms with Crippen molar-refractivity contribution in [2.24, 2.45) is 0 Å². The predicted molar refractivity (Wildman–Crippen MR) is 88.6 cm³/mol. The molecule has 4 heteroatoms. The van der Waals surface area contributed by atoms with Crippen molar-refractivity contribution in [2.75, 3.05) is 13.1 Å². The minimum absolute atomic E-state index is 0.130. The van der Waals surface area contributed by atoms with E-state index in [1.54, 1.807) is 0 Å². The Labute approximate surface area is 135 Å². The third kappa shape index (κ3) is 4.30. The van der Waals surface area contributed by atoms with Crippen LogP contribution in [0.5, 0.6) is 0 Å². The third-order valence-corrected chi connectivity index (χ3v) is 4.91. The maximum Gasteiger partial charge on any atom is 0.320 e. The monoisotopic (exact) mass is 353 g/mol. The van der Waals surface area contributed by atoms with E-state index in [0.29, 0.717) is 0 Å². The number of carbonyl (C=O) groups is 1. The van der Waals surface area contributed by atoms with E-state index < -0.39 is 5.60 Å². The summed E-state index contributed by atoms with van der Waals surface area (Å²) in [6.07, 6.45) is 4.61. The van der Waals surface area contributed by atoms with Crippen molar-refractivity contribution in [1.82, 2.24) is 5.32 Å². The van der Waals surface area contributed by atoms with Gasteiger partial charge in [-0.15, -0.1) is 0 Å². The summed E-state index contributed by atoms with van der Waals surface area (Å²) in [5.41, 5.74) is 0.636. The number of nitrogens with one attached hydrogen (secondary N) is 1. The number of hydrogen-bond donors (Lipinski definition) is 1. The number of piperidine rings is 1. The minimum Gasteiger partial charge on any atom is -0.453 e. The average Bonchev–Trinajstić information content (AvgIpc) is 2.54. The molecule has 0 saturated carbocycles. The zero-order chi connectivity index (χ0) is 15.1. The highest BCUT2D eigenvalue weighted by Gasteiger charge is 2.38. The molecule has 1 aromatic rings. The first kappa shape index (κ1) is 16.5. The van der Waals surface area contributed by atoms with Crippen molar-refractivity contribution in [3.8, 4) is 0 Å². The Morgan fingerprint density at radius 2 is 2.00 bits per heavy atom. The van der Waals surface area contributed by atoms with Crippen LogP contribution in [0.2, 0.25) is 0 Å². The van der Waals surface area contributed by atoms with Crippen LogP contribution >= 0.6 is 15.9 Å². The van der Waals surface area contributed by atoms with Crippen LogP contribution in [0.25, 0.3) is 0 Å². The molecule has 2 rings (SSSR count). The molecule has 116 valence electrons. The van der Waals surface area contributed by atoms with Crippen LogP contribution < -0.4 is 5.32 Å². The second-order valence-corrected chi connectivity index (χ2v) is 6.75. The highest BCUT2D eigenvalue weighted by Crippen LogP contribution is 2.35. The second kappa shape index (κ2) is 7.95. The maximum absolute atomic E-state index is 12.4. The van der Waals surface area contributed by atoms with Crippen molar-refractivity contribution in [1.29, 1.82) is 0 Å². The van der Waals surface area contributed by atoms with Gasteiger partial charge in [0.2, 0.25) is 0 Å². The summed E-state index contributed by atoms with van der Waals surface area (Å²) in [6.45, 7) is 3.89. The summed E-state index contributed by atoms with van der Waals surface area (Å²) in [5, 5.41) is 3.34. The van der Waals surface area contributed by atoms with E-state index in [1.807, 2.05) is 18.2 Å². The summed E-state index contributed by atoms with van der Waals surface area (Å²) >= 11 is 3.48. The molecule has 0 aromatic heterocycles. The largest absolute Gasteiger partial charge is 0.453 e. The molecule has 1 saturated heterocycles. The molecule has 1 heterocycles. The normalized spacial score (nSPS) is 19.0. The second-order valence-electron chi connectivity index (χ2n) is 5.64. The lowest BCUT2D eigenvalue weighted by molar-refractivity contribution is -0.163. The van der Waals surface area contributed by atoms with Gasteiger partial charge in [0.05, 0.1) is 0 Å².